The van der Waals surface area contributed by atoms with Gasteiger partial charge in [-0.15, -0.1) is 0 Å². The minimum atomic E-state index is -1.69. The first-order valence-corrected chi connectivity index (χ1v) is 10.4. The number of carbonyl (C=O) groups is 2. The highest BCUT2D eigenvalue weighted by Crippen LogP contribution is 2.37. The van der Waals surface area contributed by atoms with Gasteiger partial charge in [-0.3, -0.25) is 4.79 Å². The van der Waals surface area contributed by atoms with Gasteiger partial charge in [-0.05, 0) is 38.9 Å². The Balaban J connectivity index is 0.000000472. The number of carboxylic acid groups (broad SMARTS) is 1. The van der Waals surface area contributed by atoms with Crippen LogP contribution in [0.2, 0.25) is 18.1 Å². The van der Waals surface area contributed by atoms with E-state index in [9.17, 15) is 9.59 Å². The zero-order chi connectivity index (χ0) is 17.8. The van der Waals surface area contributed by atoms with Crippen molar-refractivity contribution in [3.05, 3.63) is 0 Å². The van der Waals surface area contributed by atoms with E-state index in [-0.39, 0.29) is 17.0 Å². The van der Waals surface area contributed by atoms with Gasteiger partial charge in [0.25, 0.3) is 0 Å². The van der Waals surface area contributed by atoms with Gasteiger partial charge in [0.2, 0.25) is 5.91 Å². The van der Waals surface area contributed by atoms with Crippen molar-refractivity contribution >= 4 is 20.4 Å². The van der Waals surface area contributed by atoms with Gasteiger partial charge in [0, 0.05) is 6.54 Å². The predicted octanol–water partition coefficient (Wildman–Crippen LogP) is 3.38. The van der Waals surface area contributed by atoms with Crippen molar-refractivity contribution in [2.24, 2.45) is 0 Å². The first-order valence-electron chi connectivity index (χ1n) is 7.50. The van der Waals surface area contributed by atoms with Crippen molar-refractivity contribution in [1.82, 2.24) is 5.32 Å². The van der Waals surface area contributed by atoms with Crippen molar-refractivity contribution in [3.63, 3.8) is 0 Å². The van der Waals surface area contributed by atoms with Crippen LogP contribution in [-0.4, -0.2) is 43.7 Å². The Labute approximate surface area is 134 Å². The highest BCUT2D eigenvalue weighted by molar-refractivity contribution is 6.74. The number of rotatable bonds is 2. The summed E-state index contributed by atoms with van der Waals surface area (Å²) in [6.07, 6.45) is -0.590. The monoisotopic (exact) mass is 333 g/mol. The van der Waals surface area contributed by atoms with Gasteiger partial charge < -0.3 is 19.6 Å². The highest BCUT2D eigenvalue weighted by Gasteiger charge is 2.40. The van der Waals surface area contributed by atoms with Crippen LogP contribution in [0.1, 0.15) is 48.0 Å². The Hall–Kier alpha value is -1.08. The summed E-state index contributed by atoms with van der Waals surface area (Å²) in [4.78, 5) is 20.8. The van der Waals surface area contributed by atoms with E-state index in [2.05, 4.69) is 43.9 Å². The Morgan fingerprint density at radius 3 is 1.95 bits per heavy atom. The minimum absolute atomic E-state index is 0.100. The molecule has 1 fully saturated rings. The van der Waals surface area contributed by atoms with Gasteiger partial charge in [0.05, 0.1) is 12.5 Å². The maximum absolute atomic E-state index is 11.0. The summed E-state index contributed by atoms with van der Waals surface area (Å²) in [6.45, 7) is 16.8. The average Bonchev–Trinajstić information content (AvgIpc) is 2.58. The fourth-order valence-electron chi connectivity index (χ4n) is 1.52. The van der Waals surface area contributed by atoms with E-state index in [4.69, 9.17) is 9.53 Å². The molecule has 1 unspecified atom stereocenters. The van der Waals surface area contributed by atoms with Crippen LogP contribution in [0.5, 0.6) is 0 Å². The molecule has 1 amide bonds. The molecule has 7 heteroatoms. The van der Waals surface area contributed by atoms with Crippen LogP contribution in [0.25, 0.3) is 0 Å². The highest BCUT2D eigenvalue weighted by atomic mass is 28.4. The zero-order valence-electron chi connectivity index (χ0n) is 15.1. The topological polar surface area (TPSA) is 84.9 Å². The van der Waals surface area contributed by atoms with Crippen molar-refractivity contribution in [1.29, 1.82) is 0 Å². The quantitative estimate of drug-likeness (QED) is 0.598. The van der Waals surface area contributed by atoms with E-state index in [1.807, 2.05) is 0 Å². The Bertz CT molecular complexity index is 396. The lowest BCUT2D eigenvalue weighted by molar-refractivity contribution is -0.119. The number of hydrogen-bond donors (Lipinski definition) is 2. The van der Waals surface area contributed by atoms with E-state index in [0.717, 1.165) is 0 Å². The minimum Gasteiger partial charge on any atom is -0.450 e. The van der Waals surface area contributed by atoms with Crippen molar-refractivity contribution < 1.29 is 23.9 Å². The molecule has 1 rings (SSSR count). The number of nitrogens with one attached hydrogen (secondary N) is 1. The van der Waals surface area contributed by atoms with E-state index in [0.29, 0.717) is 13.0 Å². The molecule has 0 aromatic heterocycles. The molecule has 0 spiro atoms. The molecule has 0 saturated carbocycles. The van der Waals surface area contributed by atoms with Crippen LogP contribution in [-0.2, 0) is 14.0 Å². The van der Waals surface area contributed by atoms with Gasteiger partial charge in [0.1, 0.15) is 5.60 Å². The third-order valence-corrected chi connectivity index (χ3v) is 8.14. The summed E-state index contributed by atoms with van der Waals surface area (Å²) < 4.78 is 10.4. The molecule has 130 valence electrons. The molecule has 0 aromatic carbocycles. The summed E-state index contributed by atoms with van der Waals surface area (Å²) in [5.41, 5.74) is -0.578. The smallest absolute Gasteiger partial charge is 0.450 e. The van der Waals surface area contributed by atoms with Crippen LogP contribution >= 0.6 is 0 Å². The van der Waals surface area contributed by atoms with Crippen molar-refractivity contribution in [2.75, 3.05) is 6.54 Å². The van der Waals surface area contributed by atoms with Crippen molar-refractivity contribution in [2.45, 2.75) is 77.8 Å². The summed E-state index contributed by atoms with van der Waals surface area (Å²) in [6, 6.07) is 0. The lowest BCUT2D eigenvalue weighted by Crippen LogP contribution is -2.44. The SMILES string of the molecule is CC(C)(C)OC(=O)O.CC(C)(C)[Si](C)(C)OC1CNC(=O)C1. The second-order valence-electron chi connectivity index (χ2n) is 7.99. The normalized spacial score (nSPS) is 19.1. The molecule has 2 N–H and O–H groups in total. The van der Waals surface area contributed by atoms with E-state index in [1.165, 1.54) is 0 Å². The van der Waals surface area contributed by atoms with Gasteiger partial charge in [0.15, 0.2) is 8.32 Å². The summed E-state index contributed by atoms with van der Waals surface area (Å²) in [5.74, 6) is 0.119. The fourth-order valence-corrected chi connectivity index (χ4v) is 2.87. The van der Waals surface area contributed by atoms with Crippen LogP contribution in [0.3, 0.4) is 0 Å². The lowest BCUT2D eigenvalue weighted by Gasteiger charge is -2.38. The largest absolute Gasteiger partial charge is 0.506 e. The lowest BCUT2D eigenvalue weighted by atomic mass is 10.2. The van der Waals surface area contributed by atoms with Gasteiger partial charge >= 0.3 is 6.16 Å². The van der Waals surface area contributed by atoms with Crippen LogP contribution in [0.4, 0.5) is 4.79 Å². The summed E-state index contributed by atoms with van der Waals surface area (Å²) >= 11 is 0. The maximum Gasteiger partial charge on any atom is 0.506 e. The zero-order valence-corrected chi connectivity index (χ0v) is 16.1. The molecule has 0 aliphatic carbocycles. The second kappa shape index (κ2) is 7.46. The van der Waals surface area contributed by atoms with Gasteiger partial charge in [-0.1, -0.05) is 20.8 Å². The first kappa shape index (κ1) is 20.9. The van der Waals surface area contributed by atoms with E-state index >= 15 is 0 Å². The van der Waals surface area contributed by atoms with E-state index < -0.39 is 20.1 Å². The number of hydrogen-bond acceptors (Lipinski definition) is 4. The Kier molecular flexibility index (Phi) is 7.09. The molecule has 0 aromatic rings. The second-order valence-corrected chi connectivity index (χ2v) is 12.7. The molecule has 0 bridgehead atoms. The third-order valence-electron chi connectivity index (χ3n) is 3.60. The van der Waals surface area contributed by atoms with Crippen LogP contribution in [0.15, 0.2) is 0 Å². The number of amides is 1. The molecule has 1 heterocycles. The maximum atomic E-state index is 11.0. The molecule has 1 saturated heterocycles. The molecule has 1 atom stereocenters. The van der Waals surface area contributed by atoms with E-state index in [1.54, 1.807) is 20.8 Å². The summed E-state index contributed by atoms with van der Waals surface area (Å²) in [5, 5.41) is 11.0. The van der Waals surface area contributed by atoms with Gasteiger partial charge in [-0.2, -0.15) is 0 Å². The molecule has 0 radical (unpaired) electrons. The molecule has 6 nitrogen and oxygen atoms in total. The van der Waals surface area contributed by atoms with Gasteiger partial charge in [-0.25, -0.2) is 4.79 Å². The summed E-state index contributed by atoms with van der Waals surface area (Å²) in [7, 11) is -1.69. The number of ether oxygens (including phenoxy) is 1. The Morgan fingerprint density at radius 1 is 1.23 bits per heavy atom. The van der Waals surface area contributed by atoms with Crippen LogP contribution in [0, 0.1) is 0 Å². The Morgan fingerprint density at radius 2 is 1.73 bits per heavy atom. The first-order chi connectivity index (χ1) is 9.64. The molecular formula is C15H31NO5Si. The van der Waals surface area contributed by atoms with Crippen LogP contribution < -0.4 is 5.32 Å². The third kappa shape index (κ3) is 8.38. The van der Waals surface area contributed by atoms with Crippen molar-refractivity contribution in [3.8, 4) is 0 Å². The fraction of sp³-hybridized carbons (Fsp3) is 0.867. The predicted molar refractivity (Wildman–Crippen MR) is 88.6 cm³/mol. The number of carbonyl (C=O) groups excluding carboxylic acids is 1. The molecule has 22 heavy (non-hydrogen) atoms. The molecule has 1 aliphatic heterocycles. The molecular weight excluding hydrogens is 302 g/mol. The standard InChI is InChI=1S/C10H21NO2Si.C5H10O3/c1-10(2,3)14(4,5)13-8-6-9(12)11-7-8;1-5(2,3)8-4(6)7/h8H,6-7H2,1-5H3,(H,11,12);1-3H3,(H,6,7). The molecule has 1 aliphatic rings. The average molecular weight is 334 g/mol.